The van der Waals surface area contributed by atoms with Gasteiger partial charge in [0, 0.05) is 30.0 Å². The van der Waals surface area contributed by atoms with Crippen molar-refractivity contribution >= 4 is 39.3 Å². The number of hydrogen-bond acceptors (Lipinski definition) is 8. The Morgan fingerprint density at radius 3 is 2.29 bits per heavy atom. The van der Waals surface area contributed by atoms with E-state index < -0.39 is 21.7 Å². The molecule has 11 nitrogen and oxygen atoms in total. The van der Waals surface area contributed by atoms with Gasteiger partial charge in [-0.1, -0.05) is 18.2 Å². The monoisotopic (exact) mass is 652 g/mol. The molecule has 4 aromatic rings. The zero-order valence-electron chi connectivity index (χ0n) is 24.6. The van der Waals surface area contributed by atoms with E-state index >= 15 is 0 Å². The zero-order valence-corrected chi connectivity index (χ0v) is 26.2. The maximum absolute atomic E-state index is 13.2. The van der Waals surface area contributed by atoms with Crippen LogP contribution in [-0.4, -0.2) is 64.8 Å². The molecule has 1 saturated heterocycles. The number of rotatable bonds is 12. The second-order valence-corrected chi connectivity index (χ2v) is 13.1. The average molecular weight is 653 g/mol. The lowest BCUT2D eigenvalue weighted by Crippen LogP contribution is -2.35. The Kier molecular flexibility index (Phi) is 10.5. The number of sulfonamides is 1. The fourth-order valence-corrected chi connectivity index (χ4v) is 7.07. The SMILES string of the molecule is CCOc1ccc(-n2c(CNC(=O)c3ccc(S(=O)(=O)N4CCCCC4)cc3)nnc2SCC(=O)Nc2ccc(F)cc2)cc1. The van der Waals surface area contributed by atoms with E-state index in [9.17, 15) is 22.4 Å². The summed E-state index contributed by atoms with van der Waals surface area (Å²) in [5, 5.41) is 14.5. The molecule has 1 aromatic heterocycles. The second kappa shape index (κ2) is 14.7. The van der Waals surface area contributed by atoms with E-state index in [1.807, 2.05) is 19.1 Å². The van der Waals surface area contributed by atoms with E-state index in [1.165, 1.54) is 52.8 Å². The van der Waals surface area contributed by atoms with Gasteiger partial charge in [-0.2, -0.15) is 4.31 Å². The van der Waals surface area contributed by atoms with Crippen LogP contribution < -0.4 is 15.4 Å². The molecule has 3 aromatic carbocycles. The van der Waals surface area contributed by atoms with Crippen LogP contribution in [0.15, 0.2) is 82.8 Å². The van der Waals surface area contributed by atoms with Crippen LogP contribution in [0.4, 0.5) is 10.1 Å². The molecule has 5 rings (SSSR count). The van der Waals surface area contributed by atoms with Gasteiger partial charge in [-0.3, -0.25) is 14.2 Å². The van der Waals surface area contributed by atoms with E-state index in [0.29, 0.717) is 53.4 Å². The van der Waals surface area contributed by atoms with Crippen LogP contribution in [0.2, 0.25) is 0 Å². The van der Waals surface area contributed by atoms with E-state index in [1.54, 1.807) is 16.7 Å². The van der Waals surface area contributed by atoms with Gasteiger partial charge in [-0.25, -0.2) is 12.8 Å². The van der Waals surface area contributed by atoms with Gasteiger partial charge in [0.25, 0.3) is 5.91 Å². The van der Waals surface area contributed by atoms with Crippen molar-refractivity contribution in [3.8, 4) is 11.4 Å². The lowest BCUT2D eigenvalue weighted by atomic mass is 10.2. The number of carbonyl (C=O) groups excluding carboxylic acids is 2. The van der Waals surface area contributed by atoms with Crippen molar-refractivity contribution in [3.63, 3.8) is 0 Å². The standard InChI is InChI=1S/C31H33FN6O5S2/c1-2-43-26-14-12-25(13-15-26)38-28(35-36-31(38)44-21-29(39)34-24-10-8-23(32)9-11-24)20-33-30(40)22-6-16-27(17-7-22)45(41,42)37-18-4-3-5-19-37/h6-17H,2-5,18-21H2,1H3,(H,33,40)(H,34,39). The van der Waals surface area contributed by atoms with Gasteiger partial charge in [0.2, 0.25) is 15.9 Å². The third-order valence-electron chi connectivity index (χ3n) is 7.04. The average Bonchev–Trinajstić information content (AvgIpc) is 3.47. The van der Waals surface area contributed by atoms with Crippen LogP contribution >= 0.6 is 11.8 Å². The zero-order chi connectivity index (χ0) is 31.8. The highest BCUT2D eigenvalue weighted by Crippen LogP contribution is 2.25. The lowest BCUT2D eigenvalue weighted by Gasteiger charge is -2.25. The Bertz CT molecular complexity index is 1720. The number of nitrogens with zero attached hydrogens (tertiary/aromatic N) is 4. The number of ether oxygens (including phenoxy) is 1. The number of hydrogen-bond donors (Lipinski definition) is 2. The van der Waals surface area contributed by atoms with E-state index in [-0.39, 0.29) is 23.1 Å². The van der Waals surface area contributed by atoms with Crippen molar-refractivity contribution in [3.05, 3.63) is 90.0 Å². The molecule has 1 aliphatic rings. The first-order valence-corrected chi connectivity index (χ1v) is 16.9. The maximum atomic E-state index is 13.2. The quantitative estimate of drug-likeness (QED) is 0.212. The molecule has 1 aliphatic heterocycles. The molecular weight excluding hydrogens is 620 g/mol. The number of nitrogens with one attached hydrogen (secondary N) is 2. The normalized spacial score (nSPS) is 13.7. The van der Waals surface area contributed by atoms with Crippen molar-refractivity contribution in [1.82, 2.24) is 24.4 Å². The van der Waals surface area contributed by atoms with E-state index in [2.05, 4.69) is 20.8 Å². The van der Waals surface area contributed by atoms with Crippen LogP contribution in [0, 0.1) is 5.82 Å². The van der Waals surface area contributed by atoms with Gasteiger partial charge >= 0.3 is 0 Å². The number of halogens is 1. The molecule has 0 atom stereocenters. The van der Waals surface area contributed by atoms with Crippen molar-refractivity contribution in [1.29, 1.82) is 0 Å². The minimum absolute atomic E-state index is 0.00554. The lowest BCUT2D eigenvalue weighted by molar-refractivity contribution is -0.113. The Morgan fingerprint density at radius 1 is 0.933 bits per heavy atom. The Balaban J connectivity index is 1.29. The predicted octanol–water partition coefficient (Wildman–Crippen LogP) is 4.64. The second-order valence-electron chi connectivity index (χ2n) is 10.2. The summed E-state index contributed by atoms with van der Waals surface area (Å²) in [6.07, 6.45) is 2.69. The number of anilines is 1. The highest BCUT2D eigenvalue weighted by Gasteiger charge is 2.26. The molecule has 0 bridgehead atoms. The van der Waals surface area contributed by atoms with Crippen molar-refractivity contribution in [2.45, 2.75) is 42.8 Å². The number of carbonyl (C=O) groups is 2. The first-order chi connectivity index (χ1) is 21.7. The Morgan fingerprint density at radius 2 is 1.62 bits per heavy atom. The van der Waals surface area contributed by atoms with E-state index in [0.717, 1.165) is 31.0 Å². The third kappa shape index (κ3) is 8.07. The third-order valence-corrected chi connectivity index (χ3v) is 9.88. The molecule has 0 saturated carbocycles. The number of amides is 2. The van der Waals surface area contributed by atoms with Crippen molar-refractivity contribution in [2.24, 2.45) is 0 Å². The summed E-state index contributed by atoms with van der Waals surface area (Å²) in [7, 11) is -3.61. The smallest absolute Gasteiger partial charge is 0.251 e. The summed E-state index contributed by atoms with van der Waals surface area (Å²) in [6, 6.07) is 18.6. The van der Waals surface area contributed by atoms with Crippen LogP contribution in [0.3, 0.4) is 0 Å². The van der Waals surface area contributed by atoms with Crippen LogP contribution in [0.25, 0.3) is 5.69 Å². The molecule has 2 amide bonds. The summed E-state index contributed by atoms with van der Waals surface area (Å²) in [6.45, 7) is 3.41. The number of piperidine rings is 1. The summed E-state index contributed by atoms with van der Waals surface area (Å²) >= 11 is 1.15. The van der Waals surface area contributed by atoms with Gasteiger partial charge in [-0.05, 0) is 92.6 Å². The summed E-state index contributed by atoms with van der Waals surface area (Å²) in [5.41, 5.74) is 1.46. The minimum Gasteiger partial charge on any atom is -0.494 e. The molecule has 14 heteroatoms. The first kappa shape index (κ1) is 32.1. The molecule has 45 heavy (non-hydrogen) atoms. The highest BCUT2D eigenvalue weighted by atomic mass is 32.2. The molecule has 236 valence electrons. The fourth-order valence-electron chi connectivity index (χ4n) is 4.78. The maximum Gasteiger partial charge on any atom is 0.251 e. The molecule has 1 fully saturated rings. The van der Waals surface area contributed by atoms with Crippen molar-refractivity contribution in [2.75, 3.05) is 30.8 Å². The van der Waals surface area contributed by atoms with Gasteiger partial charge in [0.15, 0.2) is 11.0 Å². The van der Waals surface area contributed by atoms with Gasteiger partial charge in [0.05, 0.1) is 23.8 Å². The van der Waals surface area contributed by atoms with Gasteiger partial charge < -0.3 is 15.4 Å². The number of thioether (sulfide) groups is 1. The summed E-state index contributed by atoms with van der Waals surface area (Å²) < 4.78 is 47.9. The molecular formula is C31H33FN6O5S2. The van der Waals surface area contributed by atoms with Crippen LogP contribution in [0.1, 0.15) is 42.4 Å². The number of aromatic nitrogens is 3. The molecule has 2 heterocycles. The minimum atomic E-state index is -3.61. The Labute approximate surface area is 265 Å². The molecule has 0 aliphatic carbocycles. The largest absolute Gasteiger partial charge is 0.494 e. The van der Waals surface area contributed by atoms with E-state index in [4.69, 9.17) is 4.74 Å². The van der Waals surface area contributed by atoms with Crippen molar-refractivity contribution < 1.29 is 27.1 Å². The fraction of sp³-hybridized carbons (Fsp3) is 0.290. The molecule has 2 N–H and O–H groups in total. The molecule has 0 spiro atoms. The van der Waals surface area contributed by atoms with Crippen LogP contribution in [0.5, 0.6) is 5.75 Å². The highest BCUT2D eigenvalue weighted by molar-refractivity contribution is 7.99. The topological polar surface area (TPSA) is 136 Å². The molecule has 0 unspecified atom stereocenters. The summed E-state index contributed by atoms with van der Waals surface area (Å²) in [5.74, 6) is -0.0187. The number of benzene rings is 3. The van der Waals surface area contributed by atoms with Crippen LogP contribution in [-0.2, 0) is 21.4 Å². The molecule has 0 radical (unpaired) electrons. The summed E-state index contributed by atoms with van der Waals surface area (Å²) in [4.78, 5) is 25.8. The predicted molar refractivity (Wildman–Crippen MR) is 169 cm³/mol. The van der Waals surface area contributed by atoms with Gasteiger partial charge in [-0.15, -0.1) is 10.2 Å². The Hall–Kier alpha value is -4.27. The first-order valence-electron chi connectivity index (χ1n) is 14.5. The van der Waals surface area contributed by atoms with Gasteiger partial charge in [0.1, 0.15) is 11.6 Å².